The van der Waals surface area contributed by atoms with Crippen LogP contribution in [0.5, 0.6) is 17.2 Å². The Morgan fingerprint density at radius 2 is 1.48 bits per heavy atom. The highest BCUT2D eigenvalue weighted by Crippen LogP contribution is 2.26. The molecule has 3 rings (SSSR count). The van der Waals surface area contributed by atoms with Crippen molar-refractivity contribution in [1.29, 1.82) is 0 Å². The summed E-state index contributed by atoms with van der Waals surface area (Å²) in [4.78, 5) is 28.3. The minimum atomic E-state index is -3.84. The van der Waals surface area contributed by atoms with Gasteiger partial charge < -0.3 is 19.7 Å². The molecule has 1 atom stereocenters. The van der Waals surface area contributed by atoms with Gasteiger partial charge in [0.2, 0.25) is 21.8 Å². The highest BCUT2D eigenvalue weighted by molar-refractivity contribution is 7.92. The summed E-state index contributed by atoms with van der Waals surface area (Å²) in [6.45, 7) is 3.91. The number of carbonyl (C=O) groups excluding carboxylic acids is 2. The minimum absolute atomic E-state index is 0.127. The van der Waals surface area contributed by atoms with Crippen molar-refractivity contribution < 1.29 is 27.5 Å². The number of carbonyl (C=O) groups is 2. The number of anilines is 1. The number of para-hydroxylation sites is 1. The third kappa shape index (κ3) is 8.47. The van der Waals surface area contributed by atoms with Gasteiger partial charge >= 0.3 is 0 Å². The van der Waals surface area contributed by atoms with E-state index in [4.69, 9.17) is 9.47 Å². The molecule has 40 heavy (non-hydrogen) atoms. The second kappa shape index (κ2) is 14.4. The van der Waals surface area contributed by atoms with E-state index in [0.717, 1.165) is 22.5 Å². The molecule has 0 aliphatic rings. The molecule has 10 heteroatoms. The number of amides is 2. The Labute approximate surface area is 236 Å². The second-order valence-corrected chi connectivity index (χ2v) is 11.2. The smallest absolute Gasteiger partial charge is 0.244 e. The molecule has 0 radical (unpaired) electrons. The molecule has 0 spiro atoms. The Morgan fingerprint density at radius 3 is 2.02 bits per heavy atom. The lowest BCUT2D eigenvalue weighted by molar-refractivity contribution is -0.140. The number of rotatable bonds is 14. The first-order valence-electron chi connectivity index (χ1n) is 13.2. The van der Waals surface area contributed by atoms with Gasteiger partial charge in [-0.1, -0.05) is 44.2 Å². The highest BCUT2D eigenvalue weighted by Gasteiger charge is 2.31. The standard InChI is InChI=1S/C30H37N3O6S/c1-5-20-31-30(35)28(6-2)32(21-23-12-16-25(38-3)17-13-23)29(34)22-33(40(4,36)37)24-14-18-27(19-15-24)39-26-10-8-7-9-11-26/h7-19,28H,5-6,20-22H2,1-4H3,(H,31,35). The van der Waals surface area contributed by atoms with Gasteiger partial charge in [-0.25, -0.2) is 8.42 Å². The second-order valence-electron chi connectivity index (χ2n) is 9.26. The summed E-state index contributed by atoms with van der Waals surface area (Å²) in [5.41, 5.74) is 1.09. The molecule has 0 fully saturated rings. The molecule has 0 bridgehead atoms. The zero-order valence-corrected chi connectivity index (χ0v) is 24.2. The van der Waals surface area contributed by atoms with Crippen molar-refractivity contribution in [3.05, 3.63) is 84.4 Å². The number of sulfonamides is 1. The van der Waals surface area contributed by atoms with Gasteiger partial charge in [0, 0.05) is 13.1 Å². The number of nitrogens with one attached hydrogen (secondary N) is 1. The molecule has 0 aromatic heterocycles. The van der Waals surface area contributed by atoms with Gasteiger partial charge in [0.05, 0.1) is 19.1 Å². The van der Waals surface area contributed by atoms with E-state index in [-0.39, 0.29) is 12.5 Å². The fourth-order valence-corrected chi connectivity index (χ4v) is 4.98. The highest BCUT2D eigenvalue weighted by atomic mass is 32.2. The van der Waals surface area contributed by atoms with Crippen LogP contribution in [0.25, 0.3) is 0 Å². The fourth-order valence-electron chi connectivity index (χ4n) is 4.13. The summed E-state index contributed by atoms with van der Waals surface area (Å²) in [5.74, 6) is 1.06. The van der Waals surface area contributed by atoms with Crippen LogP contribution in [0.15, 0.2) is 78.9 Å². The third-order valence-electron chi connectivity index (χ3n) is 6.23. The van der Waals surface area contributed by atoms with Gasteiger partial charge in [-0.05, 0) is 66.9 Å². The van der Waals surface area contributed by atoms with Crippen molar-refractivity contribution in [2.45, 2.75) is 39.3 Å². The predicted molar refractivity (Wildman–Crippen MR) is 156 cm³/mol. The van der Waals surface area contributed by atoms with Crippen molar-refractivity contribution in [2.24, 2.45) is 0 Å². The lowest BCUT2D eigenvalue weighted by Gasteiger charge is -2.33. The maximum atomic E-state index is 13.8. The van der Waals surface area contributed by atoms with Crippen molar-refractivity contribution in [3.8, 4) is 17.2 Å². The van der Waals surface area contributed by atoms with Crippen LogP contribution in [0.4, 0.5) is 5.69 Å². The Hall–Kier alpha value is -4.05. The van der Waals surface area contributed by atoms with Crippen LogP contribution in [0.2, 0.25) is 0 Å². The number of hydrogen-bond acceptors (Lipinski definition) is 6. The lowest BCUT2D eigenvalue weighted by atomic mass is 10.1. The summed E-state index contributed by atoms with van der Waals surface area (Å²) < 4.78 is 37.8. The molecular weight excluding hydrogens is 530 g/mol. The maximum Gasteiger partial charge on any atom is 0.244 e. The van der Waals surface area contributed by atoms with E-state index in [1.165, 1.54) is 4.90 Å². The quantitative estimate of drug-likeness (QED) is 0.306. The first kappa shape index (κ1) is 30.5. The SMILES string of the molecule is CCCNC(=O)C(CC)N(Cc1ccc(OC)cc1)C(=O)CN(c1ccc(Oc2ccccc2)cc1)S(C)(=O)=O. The van der Waals surface area contributed by atoms with E-state index in [9.17, 15) is 18.0 Å². The molecule has 0 saturated carbocycles. The Kier molecular flexibility index (Phi) is 11.0. The van der Waals surface area contributed by atoms with Crippen LogP contribution < -0.4 is 19.1 Å². The Bertz CT molecular complexity index is 1350. The molecule has 214 valence electrons. The van der Waals surface area contributed by atoms with Gasteiger partial charge in [-0.2, -0.15) is 0 Å². The van der Waals surface area contributed by atoms with Crippen molar-refractivity contribution in [2.75, 3.05) is 30.8 Å². The number of nitrogens with zero attached hydrogens (tertiary/aromatic N) is 2. The predicted octanol–water partition coefficient (Wildman–Crippen LogP) is 4.59. The summed E-state index contributed by atoms with van der Waals surface area (Å²) in [6, 6.07) is 22.1. The van der Waals surface area contributed by atoms with Gasteiger partial charge in [0.15, 0.2) is 0 Å². The monoisotopic (exact) mass is 567 g/mol. The summed E-state index contributed by atoms with van der Waals surface area (Å²) >= 11 is 0. The van der Waals surface area contributed by atoms with Crippen molar-refractivity contribution >= 4 is 27.5 Å². The summed E-state index contributed by atoms with van der Waals surface area (Å²) in [5, 5.41) is 2.87. The van der Waals surface area contributed by atoms with E-state index in [1.807, 2.05) is 56.3 Å². The van der Waals surface area contributed by atoms with Crippen LogP contribution in [0.3, 0.4) is 0 Å². The molecule has 0 aliphatic heterocycles. The molecule has 3 aromatic rings. The minimum Gasteiger partial charge on any atom is -0.497 e. The molecule has 0 heterocycles. The van der Waals surface area contributed by atoms with E-state index in [1.54, 1.807) is 43.5 Å². The number of benzene rings is 3. The molecule has 9 nitrogen and oxygen atoms in total. The maximum absolute atomic E-state index is 13.8. The molecule has 1 unspecified atom stereocenters. The largest absolute Gasteiger partial charge is 0.497 e. The lowest BCUT2D eigenvalue weighted by Crippen LogP contribution is -2.52. The Balaban J connectivity index is 1.88. The number of ether oxygens (including phenoxy) is 2. The average molecular weight is 568 g/mol. The van der Waals surface area contributed by atoms with Crippen LogP contribution in [0, 0.1) is 0 Å². The zero-order chi connectivity index (χ0) is 29.1. The van der Waals surface area contributed by atoms with Crippen LogP contribution in [-0.4, -0.2) is 57.6 Å². The summed E-state index contributed by atoms with van der Waals surface area (Å²) in [6.07, 6.45) is 2.16. The van der Waals surface area contributed by atoms with E-state index in [2.05, 4.69) is 5.32 Å². The molecule has 0 saturated heterocycles. The molecule has 3 aromatic carbocycles. The van der Waals surface area contributed by atoms with E-state index < -0.39 is 28.5 Å². The first-order valence-corrected chi connectivity index (χ1v) is 15.0. The van der Waals surface area contributed by atoms with Crippen molar-refractivity contribution in [3.63, 3.8) is 0 Å². The normalized spacial score (nSPS) is 11.8. The van der Waals surface area contributed by atoms with Crippen LogP contribution >= 0.6 is 0 Å². The number of hydrogen-bond donors (Lipinski definition) is 1. The zero-order valence-electron chi connectivity index (χ0n) is 23.4. The van der Waals surface area contributed by atoms with Crippen molar-refractivity contribution in [1.82, 2.24) is 10.2 Å². The third-order valence-corrected chi connectivity index (χ3v) is 7.37. The molecule has 2 amide bonds. The van der Waals surface area contributed by atoms with E-state index >= 15 is 0 Å². The van der Waals surface area contributed by atoms with Gasteiger partial charge in [-0.15, -0.1) is 0 Å². The summed E-state index contributed by atoms with van der Waals surface area (Å²) in [7, 11) is -2.27. The molecule has 0 aliphatic carbocycles. The Morgan fingerprint density at radius 1 is 0.875 bits per heavy atom. The van der Waals surface area contributed by atoms with Gasteiger partial charge in [0.1, 0.15) is 29.8 Å². The fraction of sp³-hybridized carbons (Fsp3) is 0.333. The average Bonchev–Trinajstić information content (AvgIpc) is 2.95. The van der Waals surface area contributed by atoms with Crippen LogP contribution in [-0.2, 0) is 26.2 Å². The topological polar surface area (TPSA) is 105 Å². The van der Waals surface area contributed by atoms with Gasteiger partial charge in [0.25, 0.3) is 0 Å². The molecular formula is C30H37N3O6S. The van der Waals surface area contributed by atoms with Crippen LogP contribution in [0.1, 0.15) is 32.3 Å². The van der Waals surface area contributed by atoms with E-state index in [0.29, 0.717) is 35.9 Å². The number of methoxy groups -OCH3 is 1. The first-order chi connectivity index (χ1) is 19.2. The van der Waals surface area contributed by atoms with Gasteiger partial charge in [-0.3, -0.25) is 13.9 Å². The molecule has 1 N–H and O–H groups in total.